The molecule has 2 rings (SSSR count). The quantitative estimate of drug-likeness (QED) is 0.215. The molecule has 0 fully saturated rings. The van der Waals surface area contributed by atoms with Gasteiger partial charge in [-0.05, 0) is 25.0 Å². The highest BCUT2D eigenvalue weighted by molar-refractivity contribution is 7.14. The molecule has 0 aliphatic carbocycles. The van der Waals surface area contributed by atoms with E-state index in [0.29, 0.717) is 35.8 Å². The molecule has 3 amide bonds. The molecule has 1 aromatic carbocycles. The maximum Gasteiger partial charge on any atom is 0.243 e. The lowest BCUT2D eigenvalue weighted by Crippen LogP contribution is -2.21. The molecule has 1 heterocycles. The smallest absolute Gasteiger partial charge is 0.243 e. The number of rotatable bonds is 11. The van der Waals surface area contributed by atoms with E-state index in [1.807, 2.05) is 17.5 Å². The van der Waals surface area contributed by atoms with Crippen LogP contribution in [0.2, 0.25) is 0 Å². The van der Waals surface area contributed by atoms with Gasteiger partial charge in [-0.15, -0.1) is 11.3 Å². The van der Waals surface area contributed by atoms with E-state index in [2.05, 4.69) is 15.6 Å². The number of benzene rings is 1. The largest absolute Gasteiger partial charge is 0.325 e. The Balaban J connectivity index is 1.78. The van der Waals surface area contributed by atoms with Gasteiger partial charge in [-0.25, -0.2) is 10.5 Å². The fraction of sp³-hybridized carbons (Fsp3) is 0.368. The van der Waals surface area contributed by atoms with Gasteiger partial charge in [0.25, 0.3) is 0 Å². The number of carbonyl (C=O) groups excluding carboxylic acids is 3. The zero-order valence-corrected chi connectivity index (χ0v) is 16.8. The first-order valence-corrected chi connectivity index (χ1v) is 10.2. The summed E-state index contributed by atoms with van der Waals surface area (Å²) in [6.07, 6.45) is 3.70. The van der Waals surface area contributed by atoms with Crippen molar-refractivity contribution in [2.24, 2.45) is 5.73 Å². The van der Waals surface area contributed by atoms with Gasteiger partial charge in [-0.3, -0.25) is 19.6 Å². The third-order valence-corrected chi connectivity index (χ3v) is 4.82. The maximum absolute atomic E-state index is 12.1. The predicted molar refractivity (Wildman–Crippen MR) is 111 cm³/mol. The Morgan fingerprint density at radius 2 is 1.72 bits per heavy atom. The highest BCUT2D eigenvalue weighted by atomic mass is 32.1. The van der Waals surface area contributed by atoms with Crippen molar-refractivity contribution in [3.63, 3.8) is 0 Å². The van der Waals surface area contributed by atoms with Crippen LogP contribution < -0.4 is 21.8 Å². The first-order chi connectivity index (χ1) is 14.0. The maximum atomic E-state index is 12.1. The van der Waals surface area contributed by atoms with Crippen molar-refractivity contribution in [1.29, 1.82) is 0 Å². The lowest BCUT2D eigenvalue weighted by Gasteiger charge is -2.05. The van der Waals surface area contributed by atoms with Gasteiger partial charge >= 0.3 is 0 Å². The van der Waals surface area contributed by atoms with E-state index >= 15 is 0 Å². The van der Waals surface area contributed by atoms with Crippen molar-refractivity contribution in [3.05, 3.63) is 29.6 Å². The molecular weight excluding hydrogens is 394 g/mol. The fourth-order valence-electron chi connectivity index (χ4n) is 2.59. The minimum Gasteiger partial charge on any atom is -0.325 e. The number of hydrogen-bond acceptors (Lipinski definition) is 7. The van der Waals surface area contributed by atoms with Crippen LogP contribution in [-0.4, -0.2) is 34.5 Å². The van der Waals surface area contributed by atoms with Gasteiger partial charge in [0.1, 0.15) is 0 Å². The highest BCUT2D eigenvalue weighted by Gasteiger charge is 2.09. The number of nitrogens with two attached hydrogens (primary N) is 1. The molecular formula is C19H25N5O4S. The minimum atomic E-state index is -0.394. The van der Waals surface area contributed by atoms with Crippen molar-refractivity contribution in [2.75, 3.05) is 17.2 Å². The topological polar surface area (TPSA) is 146 Å². The summed E-state index contributed by atoms with van der Waals surface area (Å²) >= 11 is 1.33. The number of amides is 3. The van der Waals surface area contributed by atoms with Crippen LogP contribution in [0.1, 0.15) is 38.5 Å². The second kappa shape index (κ2) is 11.9. The molecule has 0 bridgehead atoms. The van der Waals surface area contributed by atoms with E-state index in [1.165, 1.54) is 11.3 Å². The summed E-state index contributed by atoms with van der Waals surface area (Å²) in [4.78, 5) is 38.8. The zero-order valence-electron chi connectivity index (χ0n) is 15.9. The normalized spacial score (nSPS) is 10.4. The number of aromatic nitrogens is 1. The summed E-state index contributed by atoms with van der Waals surface area (Å²) in [6, 6.07) is 7.24. The van der Waals surface area contributed by atoms with Gasteiger partial charge in [0.05, 0.1) is 12.2 Å². The van der Waals surface area contributed by atoms with Crippen molar-refractivity contribution in [3.8, 4) is 11.3 Å². The number of hydroxylamine groups is 1. The van der Waals surface area contributed by atoms with Gasteiger partial charge in [0.15, 0.2) is 5.13 Å². The van der Waals surface area contributed by atoms with Gasteiger partial charge in [-0.2, -0.15) is 0 Å². The van der Waals surface area contributed by atoms with Gasteiger partial charge in [0.2, 0.25) is 17.7 Å². The molecule has 0 spiro atoms. The van der Waals surface area contributed by atoms with Crippen molar-refractivity contribution >= 4 is 39.9 Å². The molecule has 0 aliphatic rings. The van der Waals surface area contributed by atoms with E-state index in [1.54, 1.807) is 17.6 Å². The second-order valence-electron chi connectivity index (χ2n) is 6.37. The SMILES string of the molecule is NCC(=O)Nc1cccc(-c2csc(NC(=O)CCCCCCC(=O)NO)n2)c1. The summed E-state index contributed by atoms with van der Waals surface area (Å²) in [6.45, 7) is -0.0882. The van der Waals surface area contributed by atoms with Crippen molar-refractivity contribution in [2.45, 2.75) is 38.5 Å². The standard InChI is InChI=1S/C19H25N5O4S/c20-11-18(27)21-14-7-5-6-13(10-14)15-12-29-19(22-15)23-16(25)8-3-1-2-4-9-17(26)24-28/h5-7,10,12,28H,1-4,8-9,11,20H2,(H,21,27)(H,24,26)(H,22,23,25). The number of thiazole rings is 1. The Morgan fingerprint density at radius 1 is 1.00 bits per heavy atom. The molecule has 0 saturated heterocycles. The van der Waals surface area contributed by atoms with Gasteiger partial charge in [-0.1, -0.05) is 25.0 Å². The van der Waals surface area contributed by atoms with Crippen LogP contribution in [0.15, 0.2) is 29.6 Å². The molecule has 1 aromatic heterocycles. The molecule has 0 unspecified atom stereocenters. The lowest BCUT2D eigenvalue weighted by atomic mass is 10.1. The number of nitrogens with zero attached hydrogens (tertiary/aromatic N) is 1. The van der Waals surface area contributed by atoms with E-state index in [9.17, 15) is 14.4 Å². The predicted octanol–water partition coefficient (Wildman–Crippen LogP) is 2.49. The molecule has 156 valence electrons. The lowest BCUT2D eigenvalue weighted by molar-refractivity contribution is -0.129. The first kappa shape index (κ1) is 22.5. The number of carbonyl (C=O) groups is 3. The summed E-state index contributed by atoms with van der Waals surface area (Å²) in [5, 5.41) is 16.2. The number of nitrogens with one attached hydrogen (secondary N) is 3. The molecule has 2 aromatic rings. The van der Waals surface area contributed by atoms with E-state index in [0.717, 1.165) is 18.4 Å². The van der Waals surface area contributed by atoms with Crippen LogP contribution in [0.3, 0.4) is 0 Å². The average Bonchev–Trinajstić information content (AvgIpc) is 3.18. The second-order valence-corrected chi connectivity index (χ2v) is 7.23. The summed E-state index contributed by atoms with van der Waals surface area (Å²) in [5.74, 6) is -0.775. The Hall–Kier alpha value is -2.82. The van der Waals surface area contributed by atoms with Crippen LogP contribution in [-0.2, 0) is 14.4 Å². The highest BCUT2D eigenvalue weighted by Crippen LogP contribution is 2.27. The van der Waals surface area contributed by atoms with Crippen LogP contribution in [0.5, 0.6) is 0 Å². The van der Waals surface area contributed by atoms with Crippen molar-refractivity contribution < 1.29 is 19.6 Å². The zero-order chi connectivity index (χ0) is 21.1. The Morgan fingerprint density at radius 3 is 2.41 bits per heavy atom. The number of unbranched alkanes of at least 4 members (excludes halogenated alkanes) is 3. The monoisotopic (exact) mass is 419 g/mol. The van der Waals surface area contributed by atoms with Crippen LogP contribution in [0.4, 0.5) is 10.8 Å². The molecule has 0 aliphatic heterocycles. The summed E-state index contributed by atoms with van der Waals surface area (Å²) < 4.78 is 0. The Bertz CT molecular complexity index is 840. The van der Waals surface area contributed by atoms with E-state index < -0.39 is 5.91 Å². The molecule has 10 heteroatoms. The number of hydrogen-bond donors (Lipinski definition) is 5. The summed E-state index contributed by atoms with van der Waals surface area (Å²) in [5.41, 5.74) is 9.06. The van der Waals surface area contributed by atoms with Crippen LogP contribution in [0, 0.1) is 0 Å². The third-order valence-electron chi connectivity index (χ3n) is 4.06. The third kappa shape index (κ3) is 7.98. The Labute approximate surface area is 172 Å². The fourth-order valence-corrected chi connectivity index (χ4v) is 3.33. The van der Waals surface area contributed by atoms with E-state index in [4.69, 9.17) is 10.9 Å². The Kier molecular flexibility index (Phi) is 9.22. The average molecular weight is 420 g/mol. The van der Waals surface area contributed by atoms with E-state index in [-0.39, 0.29) is 24.8 Å². The van der Waals surface area contributed by atoms with Gasteiger partial charge < -0.3 is 16.4 Å². The molecule has 6 N–H and O–H groups in total. The first-order valence-electron chi connectivity index (χ1n) is 9.30. The van der Waals surface area contributed by atoms with Crippen molar-refractivity contribution in [1.82, 2.24) is 10.5 Å². The molecule has 0 saturated carbocycles. The van der Waals surface area contributed by atoms with Gasteiger partial charge in [0, 0.05) is 29.5 Å². The molecule has 29 heavy (non-hydrogen) atoms. The molecule has 0 atom stereocenters. The number of anilines is 2. The van der Waals surface area contributed by atoms with Crippen LogP contribution >= 0.6 is 11.3 Å². The summed E-state index contributed by atoms with van der Waals surface area (Å²) in [7, 11) is 0. The minimum absolute atomic E-state index is 0.0882. The molecule has 9 nitrogen and oxygen atoms in total. The van der Waals surface area contributed by atoms with Crippen LogP contribution in [0.25, 0.3) is 11.3 Å². The molecule has 0 radical (unpaired) electrons.